The number of hydrogen-bond acceptors (Lipinski definition) is 2. The second-order valence-corrected chi connectivity index (χ2v) is 8.94. The highest BCUT2D eigenvalue weighted by atomic mass is 35.5. The van der Waals surface area contributed by atoms with Crippen LogP contribution in [0.3, 0.4) is 0 Å². The van der Waals surface area contributed by atoms with Crippen molar-refractivity contribution in [1.29, 1.82) is 0 Å². The van der Waals surface area contributed by atoms with Crippen LogP contribution in [0.1, 0.15) is 54.9 Å². The van der Waals surface area contributed by atoms with Gasteiger partial charge in [0.1, 0.15) is 11.7 Å². The number of imidazole rings is 1. The molecular weight excluding hydrogens is 358 g/mol. The molecule has 1 aliphatic heterocycles. The molecule has 0 radical (unpaired) electrons. The molecule has 4 rings (SSSR count). The Balaban J connectivity index is 1.56. The van der Waals surface area contributed by atoms with Gasteiger partial charge in [0.25, 0.3) is 0 Å². The standard InChI is InChI=1S/C22H28ClN3O/c1-15-12-25-14-18(5-7-20(25)24-15)26(21(27)11-23)13-16-4-6-19-17(10-16)8-9-22(19,2)3/h4,6,10,12,18H,5,7-9,11,13-14H2,1-3H3. The van der Waals surface area contributed by atoms with Crippen LogP contribution in [0, 0.1) is 6.92 Å². The summed E-state index contributed by atoms with van der Waals surface area (Å²) in [5, 5.41) is 0. The molecule has 2 aromatic rings. The molecule has 2 heterocycles. The van der Waals surface area contributed by atoms with Crippen LogP contribution in [0.4, 0.5) is 0 Å². The third-order valence-electron chi connectivity index (χ3n) is 6.23. The number of alkyl halides is 1. The van der Waals surface area contributed by atoms with E-state index in [1.54, 1.807) is 0 Å². The molecule has 0 fully saturated rings. The number of carbonyl (C=O) groups is 1. The maximum Gasteiger partial charge on any atom is 0.238 e. The van der Waals surface area contributed by atoms with Crippen molar-refractivity contribution in [1.82, 2.24) is 14.5 Å². The van der Waals surface area contributed by atoms with Gasteiger partial charge in [0.2, 0.25) is 5.91 Å². The minimum atomic E-state index is 0.0165. The molecule has 2 aliphatic rings. The summed E-state index contributed by atoms with van der Waals surface area (Å²) < 4.78 is 2.20. The highest BCUT2D eigenvalue weighted by Crippen LogP contribution is 2.38. The highest BCUT2D eigenvalue weighted by Gasteiger charge is 2.31. The van der Waals surface area contributed by atoms with Crippen molar-refractivity contribution in [3.63, 3.8) is 0 Å². The molecule has 144 valence electrons. The monoisotopic (exact) mass is 385 g/mol. The van der Waals surface area contributed by atoms with Gasteiger partial charge in [0.05, 0.1) is 11.7 Å². The third kappa shape index (κ3) is 3.52. The minimum Gasteiger partial charge on any atom is -0.333 e. The molecule has 0 saturated heterocycles. The van der Waals surface area contributed by atoms with Crippen LogP contribution in [-0.2, 0) is 36.1 Å². The normalized spacial score (nSPS) is 20.2. The first-order valence-electron chi connectivity index (χ1n) is 9.88. The van der Waals surface area contributed by atoms with E-state index in [0.717, 1.165) is 37.3 Å². The lowest BCUT2D eigenvalue weighted by atomic mass is 9.86. The lowest BCUT2D eigenvalue weighted by molar-refractivity contribution is -0.132. The number of fused-ring (bicyclic) bond motifs is 2. The van der Waals surface area contributed by atoms with E-state index in [1.807, 2.05) is 11.8 Å². The number of halogens is 1. The topological polar surface area (TPSA) is 38.1 Å². The summed E-state index contributed by atoms with van der Waals surface area (Å²) in [7, 11) is 0. The van der Waals surface area contributed by atoms with Crippen molar-refractivity contribution in [2.75, 3.05) is 5.88 Å². The summed E-state index contributed by atoms with van der Waals surface area (Å²) in [6, 6.07) is 6.92. The average molecular weight is 386 g/mol. The van der Waals surface area contributed by atoms with Crippen molar-refractivity contribution < 1.29 is 4.79 Å². The fraction of sp³-hybridized carbons (Fsp3) is 0.545. The van der Waals surface area contributed by atoms with Gasteiger partial charge in [-0.15, -0.1) is 11.6 Å². The zero-order valence-corrected chi connectivity index (χ0v) is 17.2. The molecule has 5 heteroatoms. The Labute approximate surface area is 166 Å². The van der Waals surface area contributed by atoms with Crippen LogP contribution < -0.4 is 0 Å². The maximum atomic E-state index is 12.6. The largest absolute Gasteiger partial charge is 0.333 e. The predicted molar refractivity (Wildman–Crippen MR) is 108 cm³/mol. The van der Waals surface area contributed by atoms with Crippen LogP contribution >= 0.6 is 11.6 Å². The summed E-state index contributed by atoms with van der Waals surface area (Å²) in [6.45, 7) is 8.08. The fourth-order valence-corrected chi connectivity index (χ4v) is 4.86. The smallest absolute Gasteiger partial charge is 0.238 e. The van der Waals surface area contributed by atoms with Crippen LogP contribution in [0.5, 0.6) is 0 Å². The molecule has 0 spiro atoms. The van der Waals surface area contributed by atoms with Gasteiger partial charge in [-0.25, -0.2) is 4.98 Å². The van der Waals surface area contributed by atoms with Crippen molar-refractivity contribution >= 4 is 17.5 Å². The summed E-state index contributed by atoms with van der Waals surface area (Å²) in [6.07, 6.45) is 6.25. The predicted octanol–water partition coefficient (Wildman–Crippen LogP) is 4.00. The molecule has 0 bridgehead atoms. The molecule has 1 aromatic heterocycles. The molecule has 1 atom stereocenters. The number of hydrogen-bond donors (Lipinski definition) is 0. The van der Waals surface area contributed by atoms with E-state index in [0.29, 0.717) is 6.54 Å². The molecule has 1 aromatic carbocycles. The molecule has 1 aliphatic carbocycles. The highest BCUT2D eigenvalue weighted by molar-refractivity contribution is 6.27. The van der Waals surface area contributed by atoms with Crippen molar-refractivity contribution in [3.8, 4) is 0 Å². The maximum absolute atomic E-state index is 12.6. The van der Waals surface area contributed by atoms with Crippen LogP contribution in [0.25, 0.3) is 0 Å². The lowest BCUT2D eigenvalue weighted by Gasteiger charge is -2.35. The van der Waals surface area contributed by atoms with Crippen LogP contribution in [0.2, 0.25) is 0 Å². The molecule has 0 saturated carbocycles. The van der Waals surface area contributed by atoms with E-state index < -0.39 is 0 Å². The Bertz CT molecular complexity index is 870. The Morgan fingerprint density at radius 2 is 2.19 bits per heavy atom. The van der Waals surface area contributed by atoms with Gasteiger partial charge >= 0.3 is 0 Å². The number of benzene rings is 1. The van der Waals surface area contributed by atoms with E-state index in [9.17, 15) is 4.79 Å². The van der Waals surface area contributed by atoms with Gasteiger partial charge in [-0.05, 0) is 48.3 Å². The lowest BCUT2D eigenvalue weighted by Crippen LogP contribution is -2.45. The van der Waals surface area contributed by atoms with Gasteiger partial charge < -0.3 is 9.47 Å². The number of amides is 1. The number of carbonyl (C=O) groups excluding carboxylic acids is 1. The molecule has 4 nitrogen and oxygen atoms in total. The first kappa shape index (κ1) is 18.5. The number of rotatable bonds is 4. The number of aryl methyl sites for hydroxylation is 3. The van der Waals surface area contributed by atoms with E-state index >= 15 is 0 Å². The summed E-state index contributed by atoms with van der Waals surface area (Å²) in [5.74, 6) is 1.18. The fourth-order valence-electron chi connectivity index (χ4n) is 4.71. The Hall–Kier alpha value is -1.81. The minimum absolute atomic E-state index is 0.0165. The molecule has 27 heavy (non-hydrogen) atoms. The Kier molecular flexibility index (Phi) is 4.79. The zero-order valence-electron chi connectivity index (χ0n) is 16.5. The average Bonchev–Trinajstić information content (AvgIpc) is 3.16. The van der Waals surface area contributed by atoms with E-state index in [-0.39, 0.29) is 23.2 Å². The van der Waals surface area contributed by atoms with Crippen molar-refractivity contribution in [2.45, 2.75) is 71.0 Å². The second-order valence-electron chi connectivity index (χ2n) is 8.67. The first-order valence-corrected chi connectivity index (χ1v) is 10.4. The molecule has 0 N–H and O–H groups in total. The van der Waals surface area contributed by atoms with Crippen LogP contribution in [-0.4, -0.2) is 32.3 Å². The van der Waals surface area contributed by atoms with Gasteiger partial charge in [0.15, 0.2) is 0 Å². The Morgan fingerprint density at radius 1 is 1.37 bits per heavy atom. The quantitative estimate of drug-likeness (QED) is 0.746. The first-order chi connectivity index (χ1) is 12.9. The number of nitrogens with zero attached hydrogens (tertiary/aromatic N) is 3. The SMILES string of the molecule is Cc1cn2c(n1)CCC(N(Cc1ccc3c(c1)CCC3(C)C)C(=O)CCl)C2. The van der Waals surface area contributed by atoms with Gasteiger partial charge in [-0.2, -0.15) is 0 Å². The molecule has 1 unspecified atom stereocenters. The van der Waals surface area contributed by atoms with Crippen molar-refractivity contribution in [2.24, 2.45) is 0 Å². The number of aromatic nitrogens is 2. The second kappa shape index (κ2) is 6.97. The molecule has 1 amide bonds. The third-order valence-corrected chi connectivity index (χ3v) is 6.46. The van der Waals surface area contributed by atoms with E-state index in [2.05, 4.69) is 47.8 Å². The van der Waals surface area contributed by atoms with Crippen LogP contribution in [0.15, 0.2) is 24.4 Å². The van der Waals surface area contributed by atoms with E-state index in [1.165, 1.54) is 23.1 Å². The van der Waals surface area contributed by atoms with Gasteiger partial charge in [0, 0.05) is 25.7 Å². The van der Waals surface area contributed by atoms with Gasteiger partial charge in [-0.3, -0.25) is 4.79 Å². The van der Waals surface area contributed by atoms with Gasteiger partial charge in [-0.1, -0.05) is 32.0 Å². The zero-order chi connectivity index (χ0) is 19.2. The summed E-state index contributed by atoms with van der Waals surface area (Å²) in [4.78, 5) is 19.2. The van der Waals surface area contributed by atoms with E-state index in [4.69, 9.17) is 11.6 Å². The Morgan fingerprint density at radius 3 is 2.96 bits per heavy atom. The van der Waals surface area contributed by atoms with Crippen molar-refractivity contribution in [3.05, 3.63) is 52.6 Å². The summed E-state index contributed by atoms with van der Waals surface area (Å²) in [5.41, 5.74) is 5.41. The summed E-state index contributed by atoms with van der Waals surface area (Å²) >= 11 is 5.96. The molecular formula is C22H28ClN3O.